The Bertz CT molecular complexity index is 1440. The van der Waals surface area contributed by atoms with E-state index in [0.717, 1.165) is 39.3 Å². The highest BCUT2D eigenvalue weighted by Gasteiger charge is 2.15. The second kappa shape index (κ2) is 10.3. The van der Waals surface area contributed by atoms with E-state index in [0.29, 0.717) is 11.4 Å². The van der Waals surface area contributed by atoms with Gasteiger partial charge in [0.25, 0.3) is 0 Å². The van der Waals surface area contributed by atoms with Crippen molar-refractivity contribution >= 4 is 5.71 Å². The minimum Gasteiger partial charge on any atom is -0.497 e. The van der Waals surface area contributed by atoms with Crippen molar-refractivity contribution in [2.45, 2.75) is 20.5 Å². The van der Waals surface area contributed by atoms with Crippen LogP contribution in [0.1, 0.15) is 27.8 Å². The molecule has 0 saturated heterocycles. The van der Waals surface area contributed by atoms with Crippen molar-refractivity contribution < 1.29 is 14.3 Å². The molecule has 1 aromatic heterocycles. The average molecular weight is 474 g/mol. The first-order chi connectivity index (χ1) is 16.9. The van der Waals surface area contributed by atoms with Gasteiger partial charge in [-0.05, 0) is 71.8 Å². The molecule has 0 aliphatic rings. The molecule has 4 aromatic rings. The lowest BCUT2D eigenvalue weighted by molar-refractivity contribution is 0.214. The summed E-state index contributed by atoms with van der Waals surface area (Å²) in [6, 6.07) is 19.2. The maximum absolute atomic E-state index is 12.4. The Morgan fingerprint density at radius 2 is 1.71 bits per heavy atom. The number of hydrogen-bond acceptors (Lipinski definition) is 7. The minimum atomic E-state index is -0.320. The molecule has 3 aromatic carbocycles. The zero-order valence-electron chi connectivity index (χ0n) is 20.3. The van der Waals surface area contributed by atoms with Gasteiger partial charge in [0, 0.05) is 23.7 Å². The van der Waals surface area contributed by atoms with E-state index >= 15 is 0 Å². The van der Waals surface area contributed by atoms with Crippen LogP contribution in [0.15, 0.2) is 70.6 Å². The zero-order chi connectivity index (χ0) is 24.9. The molecule has 4 rings (SSSR count). The molecule has 0 spiro atoms. The molecule has 1 heterocycles. The highest BCUT2D eigenvalue weighted by molar-refractivity contribution is 6.13. The molecule has 0 bridgehead atoms. The fraction of sp³-hybridized carbons (Fsp3) is 0.231. The molecule has 0 aliphatic heterocycles. The third-order valence-electron chi connectivity index (χ3n) is 5.68. The Morgan fingerprint density at radius 3 is 2.40 bits per heavy atom. The first-order valence-electron chi connectivity index (χ1n) is 11.0. The molecule has 0 radical (unpaired) electrons. The number of ether oxygens (including phenoxy) is 2. The van der Waals surface area contributed by atoms with E-state index in [1.54, 1.807) is 14.2 Å². The number of rotatable bonds is 8. The second-order valence-electron chi connectivity index (χ2n) is 7.99. The van der Waals surface area contributed by atoms with Crippen LogP contribution in [0.4, 0.5) is 0 Å². The van der Waals surface area contributed by atoms with Gasteiger partial charge >= 0.3 is 5.69 Å². The van der Waals surface area contributed by atoms with Crippen LogP contribution in [0, 0.1) is 13.8 Å². The van der Waals surface area contributed by atoms with Crippen molar-refractivity contribution in [2.24, 2.45) is 12.2 Å². The molecule has 180 valence electrons. The van der Waals surface area contributed by atoms with Crippen molar-refractivity contribution in [3.05, 3.63) is 99.0 Å². The van der Waals surface area contributed by atoms with Crippen LogP contribution in [0.25, 0.3) is 5.69 Å². The van der Waals surface area contributed by atoms with Gasteiger partial charge in [0.1, 0.15) is 30.9 Å². The van der Waals surface area contributed by atoms with E-state index in [-0.39, 0.29) is 12.3 Å². The van der Waals surface area contributed by atoms with Gasteiger partial charge in [0.05, 0.1) is 12.8 Å². The van der Waals surface area contributed by atoms with Gasteiger partial charge in [0.15, 0.2) is 0 Å². The number of nitrogens with zero attached hydrogens (tertiary/aromatic N) is 5. The molecular weight excluding hydrogens is 446 g/mol. The molecule has 0 unspecified atom stereocenters. The predicted octanol–water partition coefficient (Wildman–Crippen LogP) is 3.57. The van der Waals surface area contributed by atoms with Gasteiger partial charge in [0.2, 0.25) is 0 Å². The number of oxime groups is 1. The molecule has 9 nitrogen and oxygen atoms in total. The van der Waals surface area contributed by atoms with Crippen molar-refractivity contribution in [1.29, 1.82) is 0 Å². The van der Waals surface area contributed by atoms with E-state index in [4.69, 9.17) is 14.3 Å². The van der Waals surface area contributed by atoms with Crippen LogP contribution in [-0.2, 0) is 18.5 Å². The molecular formula is C26H27N5O4. The molecule has 0 amide bonds. The largest absolute Gasteiger partial charge is 0.497 e. The normalized spacial score (nSPS) is 11.4. The quantitative estimate of drug-likeness (QED) is 0.287. The molecule has 0 atom stereocenters. The lowest BCUT2D eigenvalue weighted by Crippen LogP contribution is -2.23. The Hall–Kier alpha value is -4.40. The van der Waals surface area contributed by atoms with E-state index in [1.807, 2.05) is 74.5 Å². The Labute approximate surface area is 203 Å². The summed E-state index contributed by atoms with van der Waals surface area (Å²) in [5.41, 5.74) is 5.54. The van der Waals surface area contributed by atoms with Gasteiger partial charge in [-0.3, -0.25) is 0 Å². The van der Waals surface area contributed by atoms with Gasteiger partial charge < -0.3 is 14.3 Å². The van der Waals surface area contributed by atoms with Crippen LogP contribution >= 0.6 is 0 Å². The van der Waals surface area contributed by atoms with Crippen LogP contribution < -0.4 is 15.2 Å². The summed E-state index contributed by atoms with van der Waals surface area (Å²) in [5, 5.41) is 12.0. The summed E-state index contributed by atoms with van der Waals surface area (Å²) >= 11 is 0. The number of methoxy groups -OCH3 is 1. The van der Waals surface area contributed by atoms with Gasteiger partial charge in [-0.25, -0.2) is 4.79 Å². The molecule has 9 heteroatoms. The Balaban J connectivity index is 1.62. The van der Waals surface area contributed by atoms with Crippen LogP contribution in [-0.4, -0.2) is 39.7 Å². The first-order valence-corrected chi connectivity index (χ1v) is 11.0. The number of tetrazole rings is 1. The van der Waals surface area contributed by atoms with Crippen molar-refractivity contribution in [3.8, 4) is 17.2 Å². The fourth-order valence-electron chi connectivity index (χ4n) is 3.78. The number of hydrogen-bond donors (Lipinski definition) is 0. The number of aryl methyl sites for hydroxylation is 3. The minimum absolute atomic E-state index is 0.264. The third kappa shape index (κ3) is 4.93. The standard InChI is InChI=1S/C26H27N5O4/c1-17-8-6-11-23(31-26(32)30(3)28-29-31)22(17)16-35-24-13-12-20(14-18(24)2)25(27-34-5)19-9-7-10-21(15-19)33-4/h6-15H,16H2,1-5H3/b27-25+. The lowest BCUT2D eigenvalue weighted by Gasteiger charge is -2.15. The molecule has 0 N–H and O–H groups in total. The van der Waals surface area contributed by atoms with E-state index in [1.165, 1.54) is 16.5 Å². The van der Waals surface area contributed by atoms with Crippen LogP contribution in [0.2, 0.25) is 0 Å². The average Bonchev–Trinajstić information content (AvgIpc) is 3.20. The number of aromatic nitrogens is 4. The van der Waals surface area contributed by atoms with Crippen molar-refractivity contribution in [1.82, 2.24) is 19.8 Å². The van der Waals surface area contributed by atoms with Crippen molar-refractivity contribution in [3.63, 3.8) is 0 Å². The summed E-state index contributed by atoms with van der Waals surface area (Å²) in [5.74, 6) is 1.45. The van der Waals surface area contributed by atoms with Gasteiger partial charge in [-0.15, -0.1) is 0 Å². The zero-order valence-corrected chi connectivity index (χ0v) is 20.3. The lowest BCUT2D eigenvalue weighted by atomic mass is 10.00. The fourth-order valence-corrected chi connectivity index (χ4v) is 3.78. The van der Waals surface area contributed by atoms with E-state index < -0.39 is 0 Å². The second-order valence-corrected chi connectivity index (χ2v) is 7.99. The molecule has 0 saturated carbocycles. The smallest absolute Gasteiger partial charge is 0.368 e. The third-order valence-corrected chi connectivity index (χ3v) is 5.68. The summed E-state index contributed by atoms with van der Waals surface area (Å²) < 4.78 is 14.0. The summed E-state index contributed by atoms with van der Waals surface area (Å²) in [6.07, 6.45) is 0. The molecule has 35 heavy (non-hydrogen) atoms. The van der Waals surface area contributed by atoms with Gasteiger partial charge in [-0.1, -0.05) is 29.4 Å². The SMILES string of the molecule is CO/N=C(\c1cccc(OC)c1)c1ccc(OCc2c(C)cccc2-n2nnn(C)c2=O)c(C)c1. The van der Waals surface area contributed by atoms with Gasteiger partial charge in [-0.2, -0.15) is 9.36 Å². The molecule has 0 fully saturated rings. The highest BCUT2D eigenvalue weighted by atomic mass is 16.6. The molecule has 0 aliphatic carbocycles. The highest BCUT2D eigenvalue weighted by Crippen LogP contribution is 2.25. The van der Waals surface area contributed by atoms with E-state index in [9.17, 15) is 4.79 Å². The first kappa shape index (κ1) is 23.7. The van der Waals surface area contributed by atoms with E-state index in [2.05, 4.69) is 15.6 Å². The van der Waals surface area contributed by atoms with Crippen molar-refractivity contribution in [2.75, 3.05) is 14.2 Å². The number of benzene rings is 3. The summed E-state index contributed by atoms with van der Waals surface area (Å²) in [6.45, 7) is 4.21. The summed E-state index contributed by atoms with van der Waals surface area (Å²) in [7, 11) is 4.71. The summed E-state index contributed by atoms with van der Waals surface area (Å²) in [4.78, 5) is 17.5. The van der Waals surface area contributed by atoms with Crippen LogP contribution in [0.5, 0.6) is 11.5 Å². The monoisotopic (exact) mass is 473 g/mol. The topological polar surface area (TPSA) is 92.8 Å². The maximum atomic E-state index is 12.4. The Kier molecular flexibility index (Phi) is 6.96. The maximum Gasteiger partial charge on any atom is 0.368 e. The predicted molar refractivity (Wildman–Crippen MR) is 132 cm³/mol. The van der Waals surface area contributed by atoms with Crippen LogP contribution in [0.3, 0.4) is 0 Å². The Morgan fingerprint density at radius 1 is 0.943 bits per heavy atom.